The summed E-state index contributed by atoms with van der Waals surface area (Å²) < 4.78 is 1.66. The van der Waals surface area contributed by atoms with Gasteiger partial charge in [-0.2, -0.15) is 5.10 Å². The number of nitrogens with one attached hydrogen (secondary N) is 1. The van der Waals surface area contributed by atoms with Crippen LogP contribution in [-0.4, -0.2) is 27.0 Å². The van der Waals surface area contributed by atoms with Gasteiger partial charge in [-0.15, -0.1) is 0 Å². The molecule has 1 amide bonds. The monoisotopic (exact) mass is 314 g/mol. The zero-order chi connectivity index (χ0) is 15.5. The number of hydrogen-bond acceptors (Lipinski definition) is 3. The third kappa shape index (κ3) is 2.67. The van der Waals surface area contributed by atoms with E-state index in [0.717, 1.165) is 17.7 Å². The maximum atomic E-state index is 12.2. The molecule has 1 aromatic carbocycles. The minimum atomic E-state index is -0.160. The molecular formula is C16H15ClN4O. The Kier molecular flexibility index (Phi) is 4.06. The quantitative estimate of drug-likeness (QED) is 0.804. The fourth-order valence-corrected chi connectivity index (χ4v) is 2.44. The highest BCUT2D eigenvalue weighted by Crippen LogP contribution is 2.23. The second-order valence-corrected chi connectivity index (χ2v) is 5.33. The van der Waals surface area contributed by atoms with E-state index in [-0.39, 0.29) is 5.91 Å². The Labute approximate surface area is 132 Å². The Morgan fingerprint density at radius 3 is 3.00 bits per heavy atom. The van der Waals surface area contributed by atoms with E-state index in [0.29, 0.717) is 22.8 Å². The molecule has 0 unspecified atom stereocenters. The van der Waals surface area contributed by atoms with Crippen LogP contribution in [0.4, 0.5) is 0 Å². The number of aromatic nitrogens is 3. The van der Waals surface area contributed by atoms with Crippen LogP contribution in [0, 0.1) is 0 Å². The molecule has 3 rings (SSSR count). The normalized spacial score (nSPS) is 10.8. The highest BCUT2D eigenvalue weighted by atomic mass is 35.5. The molecule has 0 aliphatic heterocycles. The van der Waals surface area contributed by atoms with Crippen molar-refractivity contribution in [3.63, 3.8) is 0 Å². The van der Waals surface area contributed by atoms with Crippen molar-refractivity contribution < 1.29 is 4.79 Å². The molecule has 2 heterocycles. The minimum absolute atomic E-state index is 0.160. The van der Waals surface area contributed by atoms with Gasteiger partial charge in [0.1, 0.15) is 5.56 Å². The molecule has 2 aromatic heterocycles. The fourth-order valence-electron chi connectivity index (χ4n) is 2.25. The molecule has 3 aromatic rings. The number of hydrogen-bond donors (Lipinski definition) is 1. The largest absolute Gasteiger partial charge is 0.352 e. The van der Waals surface area contributed by atoms with Gasteiger partial charge >= 0.3 is 0 Å². The van der Waals surface area contributed by atoms with Gasteiger partial charge in [-0.25, -0.2) is 9.50 Å². The van der Waals surface area contributed by atoms with Crippen LogP contribution >= 0.6 is 11.6 Å². The Morgan fingerprint density at radius 2 is 2.23 bits per heavy atom. The van der Waals surface area contributed by atoms with Crippen LogP contribution in [0.5, 0.6) is 0 Å². The predicted octanol–water partition coefficient (Wildman–Crippen LogP) is 3.19. The molecule has 0 aliphatic rings. The molecule has 0 saturated carbocycles. The molecule has 0 aliphatic carbocycles. The van der Waals surface area contributed by atoms with Gasteiger partial charge in [-0.05, 0) is 24.6 Å². The van der Waals surface area contributed by atoms with E-state index >= 15 is 0 Å². The zero-order valence-electron chi connectivity index (χ0n) is 12.1. The van der Waals surface area contributed by atoms with E-state index in [1.165, 1.54) is 0 Å². The summed E-state index contributed by atoms with van der Waals surface area (Å²) in [6.07, 6.45) is 4.09. The summed E-state index contributed by atoms with van der Waals surface area (Å²) in [5.74, 6) is -0.160. The lowest BCUT2D eigenvalue weighted by Crippen LogP contribution is -2.23. The zero-order valence-corrected chi connectivity index (χ0v) is 12.8. The first-order valence-corrected chi connectivity index (χ1v) is 7.45. The molecule has 112 valence electrons. The summed E-state index contributed by atoms with van der Waals surface area (Å²) in [6.45, 7) is 2.63. The van der Waals surface area contributed by atoms with Crippen molar-refractivity contribution in [3.05, 3.63) is 53.3 Å². The van der Waals surface area contributed by atoms with Crippen molar-refractivity contribution in [1.82, 2.24) is 19.9 Å². The molecule has 6 heteroatoms. The Balaban J connectivity index is 2.08. The van der Waals surface area contributed by atoms with Crippen molar-refractivity contribution in [2.45, 2.75) is 13.3 Å². The van der Waals surface area contributed by atoms with E-state index < -0.39 is 0 Å². The Morgan fingerprint density at radius 1 is 1.36 bits per heavy atom. The van der Waals surface area contributed by atoms with E-state index in [1.807, 2.05) is 37.3 Å². The average Bonchev–Trinajstić information content (AvgIpc) is 2.96. The SMILES string of the molecule is CCCNC(=O)c1cnn2c(-c3cccc(Cl)c3)ccnc12. The average molecular weight is 315 g/mol. The van der Waals surface area contributed by atoms with Crippen LogP contribution in [0.3, 0.4) is 0 Å². The van der Waals surface area contributed by atoms with Crippen LogP contribution < -0.4 is 5.32 Å². The molecule has 5 nitrogen and oxygen atoms in total. The summed E-state index contributed by atoms with van der Waals surface area (Å²) >= 11 is 6.05. The topological polar surface area (TPSA) is 59.3 Å². The van der Waals surface area contributed by atoms with Crippen LogP contribution in [0.2, 0.25) is 5.02 Å². The first kappa shape index (κ1) is 14.5. The number of carbonyl (C=O) groups is 1. The van der Waals surface area contributed by atoms with Crippen molar-refractivity contribution in [2.75, 3.05) is 6.54 Å². The van der Waals surface area contributed by atoms with Gasteiger partial charge in [-0.3, -0.25) is 4.79 Å². The van der Waals surface area contributed by atoms with E-state index in [1.54, 1.807) is 16.9 Å². The molecule has 0 fully saturated rings. The molecule has 22 heavy (non-hydrogen) atoms. The van der Waals surface area contributed by atoms with Gasteiger partial charge in [0.15, 0.2) is 5.65 Å². The maximum Gasteiger partial charge on any atom is 0.256 e. The molecule has 0 bridgehead atoms. The lowest BCUT2D eigenvalue weighted by atomic mass is 10.1. The van der Waals surface area contributed by atoms with Crippen LogP contribution in [0.15, 0.2) is 42.7 Å². The van der Waals surface area contributed by atoms with E-state index in [4.69, 9.17) is 11.6 Å². The Bertz CT molecular complexity index is 828. The highest BCUT2D eigenvalue weighted by molar-refractivity contribution is 6.30. The number of fused-ring (bicyclic) bond motifs is 1. The molecule has 0 spiro atoms. The van der Waals surface area contributed by atoms with Crippen molar-refractivity contribution >= 4 is 23.2 Å². The summed E-state index contributed by atoms with van der Waals surface area (Å²) in [4.78, 5) is 16.4. The van der Waals surface area contributed by atoms with E-state index in [9.17, 15) is 4.79 Å². The molecule has 0 atom stereocenters. The van der Waals surface area contributed by atoms with Gasteiger partial charge < -0.3 is 5.32 Å². The van der Waals surface area contributed by atoms with Gasteiger partial charge in [0.05, 0.1) is 11.9 Å². The smallest absolute Gasteiger partial charge is 0.256 e. The van der Waals surface area contributed by atoms with Crippen LogP contribution in [0.1, 0.15) is 23.7 Å². The highest BCUT2D eigenvalue weighted by Gasteiger charge is 2.15. The van der Waals surface area contributed by atoms with Crippen molar-refractivity contribution in [3.8, 4) is 11.3 Å². The summed E-state index contributed by atoms with van der Waals surface area (Å²) in [6, 6.07) is 9.34. The van der Waals surface area contributed by atoms with Crippen molar-refractivity contribution in [2.24, 2.45) is 0 Å². The molecular weight excluding hydrogens is 300 g/mol. The number of rotatable bonds is 4. The minimum Gasteiger partial charge on any atom is -0.352 e. The standard InChI is InChI=1S/C16H15ClN4O/c1-2-7-19-16(22)13-10-20-21-14(6-8-18-15(13)21)11-4-3-5-12(17)9-11/h3-6,8-10H,2,7H2,1H3,(H,19,22). The first-order chi connectivity index (χ1) is 10.7. The predicted molar refractivity (Wildman–Crippen MR) is 86.1 cm³/mol. The van der Waals surface area contributed by atoms with E-state index in [2.05, 4.69) is 15.4 Å². The molecule has 1 N–H and O–H groups in total. The number of halogens is 1. The fraction of sp³-hybridized carbons (Fsp3) is 0.188. The third-order valence-corrected chi connectivity index (χ3v) is 3.54. The second kappa shape index (κ2) is 6.15. The summed E-state index contributed by atoms with van der Waals surface area (Å²) in [5, 5.41) is 7.79. The van der Waals surface area contributed by atoms with Crippen LogP contribution in [-0.2, 0) is 0 Å². The first-order valence-electron chi connectivity index (χ1n) is 7.07. The van der Waals surface area contributed by atoms with Gasteiger partial charge in [0, 0.05) is 23.3 Å². The molecule has 0 saturated heterocycles. The van der Waals surface area contributed by atoms with Gasteiger partial charge in [-0.1, -0.05) is 30.7 Å². The summed E-state index contributed by atoms with van der Waals surface area (Å²) in [7, 11) is 0. The number of carbonyl (C=O) groups excluding carboxylic acids is 1. The summed E-state index contributed by atoms with van der Waals surface area (Å²) in [5.41, 5.74) is 2.76. The van der Waals surface area contributed by atoms with Gasteiger partial charge in [0.25, 0.3) is 5.91 Å². The molecule has 0 radical (unpaired) electrons. The second-order valence-electron chi connectivity index (χ2n) is 4.89. The lowest BCUT2D eigenvalue weighted by molar-refractivity contribution is 0.0955. The number of nitrogens with zero attached hydrogens (tertiary/aromatic N) is 3. The van der Waals surface area contributed by atoms with Crippen LogP contribution in [0.25, 0.3) is 16.9 Å². The lowest BCUT2D eigenvalue weighted by Gasteiger charge is -2.06. The maximum absolute atomic E-state index is 12.2. The van der Waals surface area contributed by atoms with Gasteiger partial charge in [0.2, 0.25) is 0 Å². The number of amides is 1. The van der Waals surface area contributed by atoms with Crippen molar-refractivity contribution in [1.29, 1.82) is 0 Å². The Hall–Kier alpha value is -2.40. The number of benzene rings is 1. The third-order valence-electron chi connectivity index (χ3n) is 3.30.